The van der Waals surface area contributed by atoms with E-state index in [1.807, 2.05) is 0 Å². The van der Waals surface area contributed by atoms with Gasteiger partial charge in [-0.1, -0.05) is 24.4 Å². The molecule has 4 heteroatoms. The summed E-state index contributed by atoms with van der Waals surface area (Å²) in [6.07, 6.45) is 3.94. The Morgan fingerprint density at radius 1 is 1.39 bits per heavy atom. The highest BCUT2D eigenvalue weighted by atomic mass is 35.5. The van der Waals surface area contributed by atoms with Crippen molar-refractivity contribution in [2.45, 2.75) is 44.8 Å². The van der Waals surface area contributed by atoms with Gasteiger partial charge in [0, 0.05) is 17.6 Å². The lowest BCUT2D eigenvalue weighted by Crippen LogP contribution is -2.37. The lowest BCUT2D eigenvalue weighted by molar-refractivity contribution is 0.0625. The molecule has 0 aromatic heterocycles. The van der Waals surface area contributed by atoms with Crippen LogP contribution in [0.3, 0.4) is 0 Å². The van der Waals surface area contributed by atoms with Crippen molar-refractivity contribution in [2.75, 3.05) is 5.32 Å². The van der Waals surface area contributed by atoms with E-state index in [1.165, 1.54) is 6.07 Å². The Balaban J connectivity index is 2.01. The van der Waals surface area contributed by atoms with Crippen LogP contribution in [0.15, 0.2) is 18.2 Å². The van der Waals surface area contributed by atoms with Crippen molar-refractivity contribution in [3.05, 3.63) is 29.0 Å². The number of aliphatic hydroxyl groups is 1. The van der Waals surface area contributed by atoms with Crippen LogP contribution in [0, 0.1) is 11.7 Å². The molecule has 1 aromatic carbocycles. The van der Waals surface area contributed by atoms with Crippen molar-refractivity contribution in [3.8, 4) is 0 Å². The second-order valence-corrected chi connectivity index (χ2v) is 5.48. The van der Waals surface area contributed by atoms with Crippen molar-refractivity contribution < 1.29 is 9.50 Å². The van der Waals surface area contributed by atoms with Gasteiger partial charge in [0.25, 0.3) is 0 Å². The molecule has 1 fully saturated rings. The Morgan fingerprint density at radius 2 is 2.11 bits per heavy atom. The minimum atomic E-state index is -0.410. The number of nitrogens with one attached hydrogen (secondary N) is 1. The smallest absolute Gasteiger partial charge is 0.141 e. The summed E-state index contributed by atoms with van der Waals surface area (Å²) in [5.41, 5.74) is 0.798. The first-order valence-corrected chi connectivity index (χ1v) is 6.85. The van der Waals surface area contributed by atoms with E-state index in [0.717, 1.165) is 31.4 Å². The van der Waals surface area contributed by atoms with Gasteiger partial charge in [-0.3, -0.25) is 0 Å². The van der Waals surface area contributed by atoms with Crippen LogP contribution in [0.25, 0.3) is 0 Å². The molecule has 0 saturated heterocycles. The predicted octanol–water partition coefficient (Wildman–Crippen LogP) is 3.83. The molecule has 1 aromatic rings. The molecule has 0 amide bonds. The quantitative estimate of drug-likeness (QED) is 0.876. The van der Waals surface area contributed by atoms with Crippen LogP contribution in [0.5, 0.6) is 0 Å². The molecule has 18 heavy (non-hydrogen) atoms. The molecule has 3 atom stereocenters. The van der Waals surface area contributed by atoms with Crippen LogP contribution >= 0.6 is 11.6 Å². The fraction of sp³-hybridized carbons (Fsp3) is 0.571. The lowest BCUT2D eigenvalue weighted by atomic mass is 9.82. The monoisotopic (exact) mass is 271 g/mol. The molecule has 100 valence electrons. The topological polar surface area (TPSA) is 32.3 Å². The van der Waals surface area contributed by atoms with Crippen LogP contribution in [0.2, 0.25) is 5.02 Å². The van der Waals surface area contributed by atoms with Crippen molar-refractivity contribution in [1.82, 2.24) is 0 Å². The fourth-order valence-electron chi connectivity index (χ4n) is 2.68. The number of aliphatic hydroxyl groups excluding tert-OH is 1. The second-order valence-electron chi connectivity index (χ2n) is 5.08. The fourth-order valence-corrected chi connectivity index (χ4v) is 2.86. The van der Waals surface area contributed by atoms with E-state index < -0.39 is 5.82 Å². The molecule has 3 unspecified atom stereocenters. The zero-order chi connectivity index (χ0) is 13.1. The summed E-state index contributed by atoms with van der Waals surface area (Å²) in [7, 11) is 0. The average molecular weight is 272 g/mol. The summed E-state index contributed by atoms with van der Waals surface area (Å²) in [6.45, 7) is 2.05. The number of rotatable bonds is 3. The largest absolute Gasteiger partial charge is 0.393 e. The van der Waals surface area contributed by atoms with E-state index in [4.69, 9.17) is 11.6 Å². The highest BCUT2D eigenvalue weighted by Gasteiger charge is 2.27. The molecule has 2 rings (SSSR count). The van der Waals surface area contributed by atoms with E-state index in [-0.39, 0.29) is 23.1 Å². The first-order chi connectivity index (χ1) is 8.58. The van der Waals surface area contributed by atoms with Crippen molar-refractivity contribution in [1.29, 1.82) is 0 Å². The lowest BCUT2D eigenvalue weighted by Gasteiger charge is -2.33. The van der Waals surface area contributed by atoms with Crippen LogP contribution in [-0.2, 0) is 0 Å². The van der Waals surface area contributed by atoms with E-state index in [1.54, 1.807) is 12.1 Å². The molecule has 1 aliphatic rings. The Kier molecular flexibility index (Phi) is 4.46. The first-order valence-electron chi connectivity index (χ1n) is 6.47. The van der Waals surface area contributed by atoms with Crippen LogP contribution in [0.4, 0.5) is 10.1 Å². The number of hydrogen-bond donors (Lipinski definition) is 2. The molecule has 2 nitrogen and oxygen atoms in total. The van der Waals surface area contributed by atoms with Crippen molar-refractivity contribution >= 4 is 17.3 Å². The normalized spacial score (nSPS) is 25.8. The summed E-state index contributed by atoms with van der Waals surface area (Å²) in [6, 6.07) is 4.77. The Bertz CT molecular complexity index is 413. The van der Waals surface area contributed by atoms with E-state index >= 15 is 0 Å². The van der Waals surface area contributed by atoms with Gasteiger partial charge in [-0.25, -0.2) is 4.39 Å². The van der Waals surface area contributed by atoms with Crippen LogP contribution in [0.1, 0.15) is 32.6 Å². The minimum absolute atomic E-state index is 0.122. The Morgan fingerprint density at radius 3 is 2.78 bits per heavy atom. The molecular weight excluding hydrogens is 253 g/mol. The third kappa shape index (κ3) is 3.15. The first kappa shape index (κ1) is 13.6. The summed E-state index contributed by atoms with van der Waals surface area (Å²) in [4.78, 5) is 0. The highest BCUT2D eigenvalue weighted by molar-refractivity contribution is 6.31. The molecule has 0 spiro atoms. The van der Waals surface area contributed by atoms with E-state index in [0.29, 0.717) is 0 Å². The summed E-state index contributed by atoms with van der Waals surface area (Å²) < 4.78 is 13.1. The number of benzene rings is 1. The number of halogens is 2. The third-order valence-corrected chi connectivity index (χ3v) is 4.03. The van der Waals surface area contributed by atoms with Gasteiger partial charge in [-0.2, -0.15) is 0 Å². The zero-order valence-electron chi connectivity index (χ0n) is 10.5. The van der Waals surface area contributed by atoms with Gasteiger partial charge in [0.15, 0.2) is 0 Å². The zero-order valence-corrected chi connectivity index (χ0v) is 11.3. The molecule has 0 heterocycles. The summed E-state index contributed by atoms with van der Waals surface area (Å²) in [5, 5.41) is 13.4. The standard InChI is InChI=1S/C14H19ClFNO/c1-9(11-4-2-3-5-14(11)18)17-10-6-7-13(16)12(15)8-10/h6-9,11,14,17-18H,2-5H2,1H3. The summed E-state index contributed by atoms with van der Waals surface area (Å²) in [5.74, 6) is -0.157. The average Bonchev–Trinajstić information content (AvgIpc) is 2.34. The second kappa shape index (κ2) is 5.89. The maximum absolute atomic E-state index is 13.1. The van der Waals surface area contributed by atoms with E-state index in [2.05, 4.69) is 12.2 Å². The van der Waals surface area contributed by atoms with Crippen molar-refractivity contribution in [3.63, 3.8) is 0 Å². The summed E-state index contributed by atoms with van der Waals surface area (Å²) >= 11 is 5.75. The van der Waals surface area contributed by atoms with Gasteiger partial charge in [0.2, 0.25) is 0 Å². The third-order valence-electron chi connectivity index (χ3n) is 3.74. The molecular formula is C14H19ClFNO. The number of hydrogen-bond acceptors (Lipinski definition) is 2. The highest BCUT2D eigenvalue weighted by Crippen LogP contribution is 2.29. The van der Waals surface area contributed by atoms with Gasteiger partial charge in [0.1, 0.15) is 5.82 Å². The van der Waals surface area contributed by atoms with Gasteiger partial charge >= 0.3 is 0 Å². The van der Waals surface area contributed by atoms with Gasteiger partial charge in [0.05, 0.1) is 11.1 Å². The maximum Gasteiger partial charge on any atom is 0.141 e. The number of anilines is 1. The Labute approximate surface area is 112 Å². The van der Waals surface area contributed by atoms with Crippen LogP contribution in [-0.4, -0.2) is 17.3 Å². The van der Waals surface area contributed by atoms with Gasteiger partial charge in [-0.15, -0.1) is 0 Å². The molecule has 0 radical (unpaired) electrons. The van der Waals surface area contributed by atoms with Gasteiger partial charge < -0.3 is 10.4 Å². The molecule has 2 N–H and O–H groups in total. The van der Waals surface area contributed by atoms with Crippen LogP contribution < -0.4 is 5.32 Å². The molecule has 1 aliphatic carbocycles. The minimum Gasteiger partial charge on any atom is -0.393 e. The van der Waals surface area contributed by atoms with Gasteiger partial charge in [-0.05, 0) is 38.0 Å². The maximum atomic E-state index is 13.1. The predicted molar refractivity (Wildman–Crippen MR) is 72.5 cm³/mol. The van der Waals surface area contributed by atoms with E-state index in [9.17, 15) is 9.50 Å². The SMILES string of the molecule is CC(Nc1ccc(F)c(Cl)c1)C1CCCCC1O. The van der Waals surface area contributed by atoms with Crippen molar-refractivity contribution in [2.24, 2.45) is 5.92 Å². The molecule has 0 aliphatic heterocycles. The Hall–Kier alpha value is -0.800. The molecule has 1 saturated carbocycles. The molecule has 0 bridgehead atoms.